The summed E-state index contributed by atoms with van der Waals surface area (Å²) in [7, 11) is 0. The fourth-order valence-electron chi connectivity index (χ4n) is 2.33. The summed E-state index contributed by atoms with van der Waals surface area (Å²) in [5, 5.41) is 0. The highest BCUT2D eigenvalue weighted by Gasteiger charge is 2.26. The van der Waals surface area contributed by atoms with Crippen molar-refractivity contribution in [3.05, 3.63) is 69.0 Å². The summed E-state index contributed by atoms with van der Waals surface area (Å²) in [6.07, 6.45) is 0.429. The number of rotatable bonds is 4. The highest BCUT2D eigenvalue weighted by atomic mass is 16.7. The van der Waals surface area contributed by atoms with Gasteiger partial charge in [-0.05, 0) is 12.1 Å². The Labute approximate surface area is 136 Å². The van der Waals surface area contributed by atoms with E-state index in [1.807, 2.05) is 0 Å². The standard InChI is InChI=1S/C16H16N2O6/c19-12-6-8-18(16(21)17-12)13-7-9-22-14(24-13)10-23-15(20)11-4-2-1-3-5-11/h1-6,8,13-14H,7,9-10H2,(H,17,19,21)/t13-,14-/m0/s1. The molecular weight excluding hydrogens is 316 g/mol. The van der Waals surface area contributed by atoms with Gasteiger partial charge in [0.25, 0.3) is 5.56 Å². The molecule has 24 heavy (non-hydrogen) atoms. The molecule has 1 aliphatic heterocycles. The molecule has 0 spiro atoms. The average Bonchev–Trinajstić information content (AvgIpc) is 2.60. The number of aromatic nitrogens is 2. The number of hydrogen-bond acceptors (Lipinski definition) is 6. The van der Waals surface area contributed by atoms with Gasteiger partial charge in [0.15, 0.2) is 6.29 Å². The van der Waals surface area contributed by atoms with Crippen molar-refractivity contribution < 1.29 is 19.0 Å². The maximum absolute atomic E-state index is 11.9. The molecule has 8 heteroatoms. The molecule has 2 heterocycles. The summed E-state index contributed by atoms with van der Waals surface area (Å²) in [5.41, 5.74) is -0.604. The zero-order valence-corrected chi connectivity index (χ0v) is 12.7. The van der Waals surface area contributed by atoms with Crippen LogP contribution in [0.2, 0.25) is 0 Å². The molecule has 1 aromatic carbocycles. The normalized spacial score (nSPS) is 20.5. The number of benzene rings is 1. The van der Waals surface area contributed by atoms with Crippen molar-refractivity contribution in [1.82, 2.24) is 9.55 Å². The third kappa shape index (κ3) is 3.79. The molecule has 8 nitrogen and oxygen atoms in total. The van der Waals surface area contributed by atoms with Crippen LogP contribution in [-0.2, 0) is 14.2 Å². The van der Waals surface area contributed by atoms with Crippen molar-refractivity contribution in [2.45, 2.75) is 18.9 Å². The minimum absolute atomic E-state index is 0.0949. The lowest BCUT2D eigenvalue weighted by Crippen LogP contribution is -2.39. The van der Waals surface area contributed by atoms with Gasteiger partial charge in [-0.1, -0.05) is 18.2 Å². The Morgan fingerprint density at radius 1 is 1.25 bits per heavy atom. The van der Waals surface area contributed by atoms with E-state index in [4.69, 9.17) is 14.2 Å². The number of carbonyl (C=O) groups excluding carboxylic acids is 1. The number of ether oxygens (including phenoxy) is 3. The first kappa shape index (κ1) is 16.2. The zero-order valence-electron chi connectivity index (χ0n) is 12.7. The second-order valence-electron chi connectivity index (χ2n) is 5.16. The third-order valence-electron chi connectivity index (χ3n) is 3.50. The van der Waals surface area contributed by atoms with E-state index in [0.29, 0.717) is 18.6 Å². The molecule has 3 rings (SSSR count). The van der Waals surface area contributed by atoms with E-state index in [-0.39, 0.29) is 6.61 Å². The number of nitrogens with one attached hydrogen (secondary N) is 1. The van der Waals surface area contributed by atoms with Crippen molar-refractivity contribution in [3.8, 4) is 0 Å². The Hall–Kier alpha value is -2.71. The van der Waals surface area contributed by atoms with Crippen molar-refractivity contribution >= 4 is 5.97 Å². The van der Waals surface area contributed by atoms with Gasteiger partial charge in [-0.15, -0.1) is 0 Å². The molecule has 0 bridgehead atoms. The van der Waals surface area contributed by atoms with Gasteiger partial charge in [0.05, 0.1) is 12.2 Å². The summed E-state index contributed by atoms with van der Waals surface area (Å²) in [5.74, 6) is -0.480. The van der Waals surface area contributed by atoms with Crippen LogP contribution in [-0.4, -0.2) is 35.0 Å². The molecule has 0 unspecified atom stereocenters. The van der Waals surface area contributed by atoms with E-state index in [9.17, 15) is 14.4 Å². The number of hydrogen-bond donors (Lipinski definition) is 1. The van der Waals surface area contributed by atoms with Gasteiger partial charge in [-0.3, -0.25) is 14.3 Å². The largest absolute Gasteiger partial charge is 0.457 e. The lowest BCUT2D eigenvalue weighted by atomic mass is 10.2. The molecule has 0 radical (unpaired) electrons. The van der Waals surface area contributed by atoms with Gasteiger partial charge >= 0.3 is 11.7 Å². The van der Waals surface area contributed by atoms with E-state index in [0.717, 1.165) is 0 Å². The van der Waals surface area contributed by atoms with Gasteiger partial charge in [0.2, 0.25) is 0 Å². The predicted molar refractivity (Wildman–Crippen MR) is 82.5 cm³/mol. The maximum Gasteiger partial charge on any atom is 0.338 e. The second kappa shape index (κ2) is 7.24. The molecule has 0 amide bonds. The Balaban J connectivity index is 1.60. The van der Waals surface area contributed by atoms with E-state index < -0.39 is 29.7 Å². The summed E-state index contributed by atoms with van der Waals surface area (Å²) in [6, 6.07) is 9.81. The first-order valence-corrected chi connectivity index (χ1v) is 7.44. The van der Waals surface area contributed by atoms with Gasteiger partial charge in [-0.2, -0.15) is 0 Å². The van der Waals surface area contributed by atoms with E-state index >= 15 is 0 Å². The number of H-pyrrole nitrogens is 1. The lowest BCUT2D eigenvalue weighted by Gasteiger charge is -2.30. The van der Waals surface area contributed by atoms with Crippen LogP contribution in [0.15, 0.2) is 52.2 Å². The van der Waals surface area contributed by atoms with Crippen LogP contribution in [0.4, 0.5) is 0 Å². The molecule has 1 aliphatic rings. The van der Waals surface area contributed by atoms with E-state index in [2.05, 4.69) is 4.98 Å². The van der Waals surface area contributed by atoms with E-state index in [1.54, 1.807) is 30.3 Å². The molecule has 2 atom stereocenters. The van der Waals surface area contributed by atoms with Gasteiger partial charge < -0.3 is 14.2 Å². The average molecular weight is 332 g/mol. The smallest absolute Gasteiger partial charge is 0.338 e. The van der Waals surface area contributed by atoms with Gasteiger partial charge in [0.1, 0.15) is 12.8 Å². The quantitative estimate of drug-likeness (QED) is 0.826. The Kier molecular flexibility index (Phi) is 4.88. The lowest BCUT2D eigenvalue weighted by molar-refractivity contribution is -0.246. The first-order chi connectivity index (χ1) is 11.6. The predicted octanol–water partition coefficient (Wildman–Crippen LogP) is 0.655. The second-order valence-corrected chi connectivity index (χ2v) is 5.16. The van der Waals surface area contributed by atoms with E-state index in [1.165, 1.54) is 16.8 Å². The molecule has 1 aromatic heterocycles. The summed E-state index contributed by atoms with van der Waals surface area (Å²) < 4.78 is 17.5. The van der Waals surface area contributed by atoms with Crippen molar-refractivity contribution in [2.75, 3.05) is 13.2 Å². The molecule has 1 N–H and O–H groups in total. The fraction of sp³-hybridized carbons (Fsp3) is 0.312. The van der Waals surface area contributed by atoms with Crippen LogP contribution < -0.4 is 11.2 Å². The Bertz CT molecular complexity index is 813. The number of carbonyl (C=O) groups is 1. The highest BCUT2D eigenvalue weighted by Crippen LogP contribution is 2.20. The van der Waals surface area contributed by atoms with Crippen LogP contribution in [0.1, 0.15) is 23.0 Å². The van der Waals surface area contributed by atoms with Crippen LogP contribution in [0.3, 0.4) is 0 Å². The van der Waals surface area contributed by atoms with Crippen LogP contribution >= 0.6 is 0 Å². The molecule has 1 fully saturated rings. The highest BCUT2D eigenvalue weighted by molar-refractivity contribution is 5.89. The number of esters is 1. The molecule has 0 saturated carbocycles. The molecule has 0 aliphatic carbocycles. The SMILES string of the molecule is O=C(OC[C@H]1OCC[C@@H](n2ccc(=O)[nH]c2=O)O1)c1ccccc1. The van der Waals surface area contributed by atoms with Crippen molar-refractivity contribution in [1.29, 1.82) is 0 Å². The summed E-state index contributed by atoms with van der Waals surface area (Å²) in [6.45, 7) is 0.242. The molecule has 126 valence electrons. The number of nitrogens with zero attached hydrogens (tertiary/aromatic N) is 1. The molecule has 1 saturated heterocycles. The number of aromatic amines is 1. The topological polar surface area (TPSA) is 99.6 Å². The van der Waals surface area contributed by atoms with Gasteiger partial charge in [-0.25, -0.2) is 9.59 Å². The van der Waals surface area contributed by atoms with Crippen molar-refractivity contribution in [3.63, 3.8) is 0 Å². The molecule has 2 aromatic rings. The van der Waals surface area contributed by atoms with Gasteiger partial charge in [0, 0.05) is 18.7 Å². The van der Waals surface area contributed by atoms with Crippen LogP contribution in [0.5, 0.6) is 0 Å². The van der Waals surface area contributed by atoms with Crippen molar-refractivity contribution in [2.24, 2.45) is 0 Å². The van der Waals surface area contributed by atoms with Crippen LogP contribution in [0.25, 0.3) is 0 Å². The maximum atomic E-state index is 11.9. The van der Waals surface area contributed by atoms with Crippen LogP contribution in [0, 0.1) is 0 Å². The summed E-state index contributed by atoms with van der Waals surface area (Å²) in [4.78, 5) is 37.0. The molecular formula is C16H16N2O6. The minimum Gasteiger partial charge on any atom is -0.457 e. The Morgan fingerprint density at radius 2 is 2.04 bits per heavy atom. The fourth-order valence-corrected chi connectivity index (χ4v) is 2.33. The first-order valence-electron chi connectivity index (χ1n) is 7.44. The minimum atomic E-state index is -0.782. The summed E-state index contributed by atoms with van der Waals surface area (Å²) >= 11 is 0. The third-order valence-corrected chi connectivity index (χ3v) is 3.50. The monoisotopic (exact) mass is 332 g/mol. The Morgan fingerprint density at radius 3 is 2.79 bits per heavy atom. The zero-order chi connectivity index (χ0) is 16.9.